The van der Waals surface area contributed by atoms with E-state index < -0.39 is 0 Å². The number of rotatable bonds is 8. The van der Waals surface area contributed by atoms with Crippen molar-refractivity contribution in [3.05, 3.63) is 64.8 Å². The highest BCUT2D eigenvalue weighted by molar-refractivity contribution is 9.10. The van der Waals surface area contributed by atoms with Gasteiger partial charge in [0.25, 0.3) is 0 Å². The van der Waals surface area contributed by atoms with E-state index in [0.717, 1.165) is 16.6 Å². The number of hydrogen-bond acceptors (Lipinski definition) is 7. The molecule has 1 atom stereocenters. The van der Waals surface area contributed by atoms with Gasteiger partial charge >= 0.3 is 0 Å². The van der Waals surface area contributed by atoms with E-state index in [1.54, 1.807) is 18.2 Å². The van der Waals surface area contributed by atoms with Crippen molar-refractivity contribution in [1.82, 2.24) is 9.88 Å². The molecule has 2 heterocycles. The summed E-state index contributed by atoms with van der Waals surface area (Å²) in [6, 6.07) is 13.5. The molecular weight excluding hydrogens is 510 g/mol. The molecule has 8 nitrogen and oxygen atoms in total. The molecule has 0 bridgehead atoms. The van der Waals surface area contributed by atoms with Crippen LogP contribution in [-0.4, -0.2) is 55.7 Å². The van der Waals surface area contributed by atoms with Crippen LogP contribution < -0.4 is 15.4 Å². The van der Waals surface area contributed by atoms with Crippen LogP contribution in [0, 0.1) is 11.3 Å². The van der Waals surface area contributed by atoms with Crippen molar-refractivity contribution < 1.29 is 14.3 Å². The van der Waals surface area contributed by atoms with E-state index in [1.165, 1.54) is 12.3 Å². The molecule has 2 aromatic carbocycles. The minimum atomic E-state index is -0.274. The Labute approximate surface area is 212 Å². The number of aromatic nitrogens is 1. The van der Waals surface area contributed by atoms with E-state index in [2.05, 4.69) is 37.6 Å². The van der Waals surface area contributed by atoms with E-state index in [1.807, 2.05) is 43.3 Å². The summed E-state index contributed by atoms with van der Waals surface area (Å²) in [7, 11) is 3.86. The molecule has 2 N–H and O–H groups in total. The molecule has 1 saturated heterocycles. The van der Waals surface area contributed by atoms with E-state index in [9.17, 15) is 10.1 Å². The van der Waals surface area contributed by atoms with Gasteiger partial charge < -0.3 is 25.0 Å². The van der Waals surface area contributed by atoms with E-state index in [-0.39, 0.29) is 12.0 Å². The van der Waals surface area contributed by atoms with Gasteiger partial charge in [-0.15, -0.1) is 0 Å². The van der Waals surface area contributed by atoms with E-state index in [4.69, 9.17) is 9.47 Å². The maximum atomic E-state index is 12.7. The lowest BCUT2D eigenvalue weighted by molar-refractivity contribution is -0.111. The number of ether oxygens (including phenoxy) is 2. The first-order valence-electron chi connectivity index (χ1n) is 11.2. The second-order valence-electron chi connectivity index (χ2n) is 8.42. The second kappa shape index (κ2) is 11.3. The van der Waals surface area contributed by atoms with Crippen molar-refractivity contribution in [3.63, 3.8) is 0 Å². The number of benzene rings is 2. The van der Waals surface area contributed by atoms with Gasteiger partial charge in [-0.1, -0.05) is 28.1 Å². The number of halogens is 1. The first kappa shape index (κ1) is 24.7. The highest BCUT2D eigenvalue weighted by atomic mass is 79.9. The average Bonchev–Trinajstić information content (AvgIpc) is 3.33. The molecule has 180 valence electrons. The fourth-order valence-electron chi connectivity index (χ4n) is 3.68. The minimum Gasteiger partial charge on any atom is -0.486 e. The zero-order valence-electron chi connectivity index (χ0n) is 19.5. The predicted molar refractivity (Wildman–Crippen MR) is 140 cm³/mol. The second-order valence-corrected chi connectivity index (χ2v) is 9.33. The molecule has 35 heavy (non-hydrogen) atoms. The van der Waals surface area contributed by atoms with Gasteiger partial charge in [0.2, 0.25) is 5.91 Å². The summed E-state index contributed by atoms with van der Waals surface area (Å²) in [5, 5.41) is 16.7. The van der Waals surface area contributed by atoms with Crippen LogP contribution in [0.2, 0.25) is 0 Å². The van der Waals surface area contributed by atoms with Crippen molar-refractivity contribution >= 4 is 49.8 Å². The van der Waals surface area contributed by atoms with Crippen LogP contribution >= 0.6 is 15.9 Å². The third-order valence-corrected chi connectivity index (χ3v) is 5.86. The van der Waals surface area contributed by atoms with Crippen molar-refractivity contribution in [2.75, 3.05) is 44.5 Å². The number of hydrogen-bond donors (Lipinski definition) is 2. The molecule has 0 unspecified atom stereocenters. The van der Waals surface area contributed by atoms with Crippen molar-refractivity contribution in [3.8, 4) is 11.8 Å². The van der Waals surface area contributed by atoms with Crippen LogP contribution in [0.1, 0.15) is 12.0 Å². The molecule has 0 spiro atoms. The van der Waals surface area contributed by atoms with Gasteiger partial charge in [-0.3, -0.25) is 9.78 Å². The summed E-state index contributed by atoms with van der Waals surface area (Å²) >= 11 is 3.48. The van der Waals surface area contributed by atoms with Crippen LogP contribution in [0.25, 0.3) is 10.9 Å². The Hall–Kier alpha value is -3.45. The van der Waals surface area contributed by atoms with Gasteiger partial charge in [0.15, 0.2) is 0 Å². The molecule has 0 saturated carbocycles. The smallest absolute Gasteiger partial charge is 0.248 e. The molecule has 1 fully saturated rings. The molecule has 4 rings (SSSR count). The van der Waals surface area contributed by atoms with Gasteiger partial charge in [-0.25, -0.2) is 0 Å². The normalized spacial score (nSPS) is 15.5. The van der Waals surface area contributed by atoms with E-state index >= 15 is 0 Å². The van der Waals surface area contributed by atoms with Crippen LogP contribution in [-0.2, 0) is 9.53 Å². The number of nitriles is 1. The molecule has 1 amide bonds. The fraction of sp³-hybridized carbons (Fsp3) is 0.269. The fourth-order valence-corrected chi connectivity index (χ4v) is 4.07. The number of fused-ring (bicyclic) bond motifs is 1. The summed E-state index contributed by atoms with van der Waals surface area (Å²) in [5.74, 6) is 0.234. The Balaban J connectivity index is 1.76. The van der Waals surface area contributed by atoms with E-state index in [0.29, 0.717) is 53.3 Å². The molecule has 1 aliphatic rings. The van der Waals surface area contributed by atoms with Gasteiger partial charge in [0.1, 0.15) is 17.9 Å². The van der Waals surface area contributed by atoms with Crippen LogP contribution in [0.5, 0.6) is 5.75 Å². The standard InChI is InChI=1S/C26H26BrN5O3/c1-32(2)9-4-7-25(33)31-23-12-21-22(13-24(23)35-20-8-10-34-16-20)29-15-17(14-28)26(21)30-19-6-3-5-18(27)11-19/h3-7,11-13,15,20H,8-10,16H2,1-2H3,(H,29,30)(H,31,33)/t20-/m0/s1. The van der Waals surface area contributed by atoms with Crippen LogP contribution in [0.15, 0.2) is 59.2 Å². The molecular formula is C26H26BrN5O3. The van der Waals surface area contributed by atoms with Gasteiger partial charge in [-0.2, -0.15) is 5.26 Å². The maximum absolute atomic E-state index is 12.7. The minimum absolute atomic E-state index is 0.106. The number of nitrogens with zero attached hydrogens (tertiary/aromatic N) is 3. The molecule has 3 aromatic rings. The van der Waals surface area contributed by atoms with Gasteiger partial charge in [-0.05, 0) is 38.4 Å². The third kappa shape index (κ3) is 6.36. The maximum Gasteiger partial charge on any atom is 0.248 e. The number of nitrogens with one attached hydrogen (secondary N) is 2. The number of carbonyl (C=O) groups excluding carboxylic acids is 1. The van der Waals surface area contributed by atoms with Crippen molar-refractivity contribution in [2.24, 2.45) is 0 Å². The van der Waals surface area contributed by atoms with Gasteiger partial charge in [0, 0.05) is 46.9 Å². The SMILES string of the molecule is CN(C)CC=CC(=O)Nc1cc2c(Nc3cccc(Br)c3)c(C#N)cnc2cc1O[C@H]1CCOC1. The van der Waals surface area contributed by atoms with Crippen molar-refractivity contribution in [2.45, 2.75) is 12.5 Å². The average molecular weight is 536 g/mol. The third-order valence-electron chi connectivity index (χ3n) is 5.36. The first-order chi connectivity index (χ1) is 16.9. The number of carbonyl (C=O) groups is 1. The summed E-state index contributed by atoms with van der Waals surface area (Å²) in [4.78, 5) is 19.1. The molecule has 0 aliphatic carbocycles. The Kier molecular flexibility index (Phi) is 7.98. The number of anilines is 3. The summed E-state index contributed by atoms with van der Waals surface area (Å²) in [6.07, 6.45) is 5.48. The monoisotopic (exact) mass is 535 g/mol. The van der Waals surface area contributed by atoms with Crippen molar-refractivity contribution in [1.29, 1.82) is 5.26 Å². The zero-order chi connectivity index (χ0) is 24.8. The summed E-state index contributed by atoms with van der Waals surface area (Å²) < 4.78 is 12.5. The highest BCUT2D eigenvalue weighted by Crippen LogP contribution is 2.37. The Morgan fingerprint density at radius 2 is 2.23 bits per heavy atom. The predicted octanol–water partition coefficient (Wildman–Crippen LogP) is 4.84. The first-order valence-corrected chi connectivity index (χ1v) is 12.0. The number of amides is 1. The summed E-state index contributed by atoms with van der Waals surface area (Å²) in [6.45, 7) is 1.77. The summed E-state index contributed by atoms with van der Waals surface area (Å²) in [5.41, 5.74) is 2.93. The Morgan fingerprint density at radius 1 is 1.37 bits per heavy atom. The van der Waals surface area contributed by atoms with Crippen LogP contribution in [0.3, 0.4) is 0 Å². The number of pyridine rings is 1. The number of likely N-dealkylation sites (N-methyl/N-ethyl adjacent to an activating group) is 1. The molecule has 9 heteroatoms. The lowest BCUT2D eigenvalue weighted by Gasteiger charge is -2.18. The largest absolute Gasteiger partial charge is 0.486 e. The molecule has 1 aliphatic heterocycles. The van der Waals surface area contributed by atoms with Crippen LogP contribution in [0.4, 0.5) is 17.1 Å². The lowest BCUT2D eigenvalue weighted by atomic mass is 10.1. The zero-order valence-corrected chi connectivity index (χ0v) is 21.1. The topological polar surface area (TPSA) is 99.5 Å². The quantitative estimate of drug-likeness (QED) is 0.398. The Bertz CT molecular complexity index is 1300. The Morgan fingerprint density at radius 3 is 2.94 bits per heavy atom. The molecule has 1 aromatic heterocycles. The molecule has 0 radical (unpaired) electrons. The highest BCUT2D eigenvalue weighted by Gasteiger charge is 2.21. The lowest BCUT2D eigenvalue weighted by Crippen LogP contribution is -2.18. The van der Waals surface area contributed by atoms with Gasteiger partial charge in [0.05, 0.1) is 35.7 Å².